The smallest absolute Gasteiger partial charge is 0.120 e. The van der Waals surface area contributed by atoms with E-state index in [2.05, 4.69) is 25.1 Å². The molecule has 13 heavy (non-hydrogen) atoms. The lowest BCUT2D eigenvalue weighted by molar-refractivity contribution is 0.386. The molecule has 1 aromatic rings. The van der Waals surface area contributed by atoms with E-state index in [1.165, 1.54) is 0 Å². The highest BCUT2D eigenvalue weighted by Gasteiger charge is 1.98. The highest BCUT2D eigenvalue weighted by molar-refractivity contribution is 5.21. The lowest BCUT2D eigenvalue weighted by Crippen LogP contribution is -2.15. The van der Waals surface area contributed by atoms with Crippen LogP contribution in [0.15, 0.2) is 18.3 Å². The maximum absolute atomic E-state index is 8.73. The van der Waals surface area contributed by atoms with Crippen LogP contribution in [0.1, 0.15) is 12.1 Å². The summed E-state index contributed by atoms with van der Waals surface area (Å²) >= 11 is 0. The van der Waals surface area contributed by atoms with Gasteiger partial charge < -0.3 is 9.47 Å². The predicted molar refractivity (Wildman–Crippen MR) is 52.3 cm³/mol. The molecular weight excluding hydrogens is 162 g/mol. The van der Waals surface area contributed by atoms with E-state index in [9.17, 15) is 0 Å². The normalized spacial score (nSPS) is 10.3. The summed E-state index contributed by atoms with van der Waals surface area (Å²) in [6.07, 6.45) is 3.03. The van der Waals surface area contributed by atoms with E-state index < -0.39 is 0 Å². The van der Waals surface area contributed by atoms with Gasteiger partial charge in [0.05, 0.1) is 0 Å². The van der Waals surface area contributed by atoms with Gasteiger partial charge in [-0.15, -0.1) is 0 Å². The Morgan fingerprint density at radius 3 is 2.92 bits per heavy atom. The van der Waals surface area contributed by atoms with Gasteiger partial charge in [0, 0.05) is 12.7 Å². The van der Waals surface area contributed by atoms with Gasteiger partial charge in [0.2, 0.25) is 0 Å². The zero-order chi connectivity index (χ0) is 9.68. The van der Waals surface area contributed by atoms with Crippen LogP contribution in [0, 0.1) is 11.3 Å². The highest BCUT2D eigenvalue weighted by atomic mass is 15.1. The summed E-state index contributed by atoms with van der Waals surface area (Å²) in [6, 6.07) is 5.92. The number of rotatable bonds is 4. The van der Waals surface area contributed by atoms with Crippen LogP contribution in [-0.4, -0.2) is 30.1 Å². The monoisotopic (exact) mass is 177 g/mol. The summed E-state index contributed by atoms with van der Waals surface area (Å²) in [5.41, 5.74) is 0.749. The molecule has 0 unspecified atom stereocenters. The van der Waals surface area contributed by atoms with Gasteiger partial charge in [-0.25, -0.2) is 0 Å². The molecule has 0 saturated heterocycles. The fourth-order valence-corrected chi connectivity index (χ4v) is 1.27. The Bertz CT molecular complexity index is 293. The number of aromatic nitrogens is 1. The van der Waals surface area contributed by atoms with E-state index in [4.69, 9.17) is 5.26 Å². The summed E-state index contributed by atoms with van der Waals surface area (Å²) in [6.45, 7) is 1.98. The van der Waals surface area contributed by atoms with Crippen molar-refractivity contribution in [3.8, 4) is 6.07 Å². The van der Waals surface area contributed by atoms with Gasteiger partial charge in [0.25, 0.3) is 0 Å². The molecule has 0 aliphatic carbocycles. The van der Waals surface area contributed by atoms with Crippen LogP contribution in [0.25, 0.3) is 0 Å². The second-order valence-corrected chi connectivity index (χ2v) is 3.36. The summed E-state index contributed by atoms with van der Waals surface area (Å²) in [4.78, 5) is 2.15. The fraction of sp³-hybridized carbons (Fsp3) is 0.500. The van der Waals surface area contributed by atoms with Gasteiger partial charge in [0.1, 0.15) is 11.8 Å². The molecule has 0 atom stereocenters. The van der Waals surface area contributed by atoms with Crippen LogP contribution in [0.5, 0.6) is 0 Å². The van der Waals surface area contributed by atoms with Crippen molar-refractivity contribution in [2.45, 2.75) is 13.0 Å². The first-order valence-corrected chi connectivity index (χ1v) is 4.44. The van der Waals surface area contributed by atoms with E-state index in [-0.39, 0.29) is 0 Å². The van der Waals surface area contributed by atoms with Crippen LogP contribution >= 0.6 is 0 Å². The largest absolute Gasteiger partial charge is 0.339 e. The molecule has 70 valence electrons. The number of nitrogens with zero attached hydrogens (tertiary/aromatic N) is 3. The molecule has 0 aliphatic heterocycles. The van der Waals surface area contributed by atoms with Crippen molar-refractivity contribution in [1.82, 2.24) is 9.47 Å². The second kappa shape index (κ2) is 4.68. The summed E-state index contributed by atoms with van der Waals surface area (Å²) in [5.74, 6) is 0. The van der Waals surface area contributed by atoms with Gasteiger partial charge in [-0.2, -0.15) is 5.26 Å². The third kappa shape index (κ3) is 2.92. The molecule has 0 aromatic carbocycles. The zero-order valence-electron chi connectivity index (χ0n) is 8.20. The standard InChI is InChI=1S/C10H15N3/c1-12(2)6-4-8-13-7-3-5-10(13)9-11/h3,5,7H,4,6,8H2,1-2H3. The number of hydrogen-bond donors (Lipinski definition) is 0. The topological polar surface area (TPSA) is 32.0 Å². The van der Waals surface area contributed by atoms with Crippen LogP contribution < -0.4 is 0 Å². The van der Waals surface area contributed by atoms with Crippen LogP contribution in [-0.2, 0) is 6.54 Å². The van der Waals surface area contributed by atoms with Crippen molar-refractivity contribution in [2.24, 2.45) is 0 Å². The lowest BCUT2D eigenvalue weighted by Gasteiger charge is -2.09. The van der Waals surface area contributed by atoms with E-state index in [0.29, 0.717) is 0 Å². The molecule has 0 amide bonds. The highest BCUT2D eigenvalue weighted by Crippen LogP contribution is 2.01. The van der Waals surface area contributed by atoms with Crippen molar-refractivity contribution >= 4 is 0 Å². The molecule has 0 bridgehead atoms. The van der Waals surface area contributed by atoms with Crippen molar-refractivity contribution in [1.29, 1.82) is 5.26 Å². The van der Waals surface area contributed by atoms with Gasteiger partial charge in [-0.05, 0) is 39.2 Å². The molecule has 1 aromatic heterocycles. The molecule has 0 fully saturated rings. The van der Waals surface area contributed by atoms with E-state index >= 15 is 0 Å². The Labute approximate surface area is 79.2 Å². The van der Waals surface area contributed by atoms with Crippen molar-refractivity contribution in [3.05, 3.63) is 24.0 Å². The second-order valence-electron chi connectivity index (χ2n) is 3.36. The Kier molecular flexibility index (Phi) is 3.53. The van der Waals surface area contributed by atoms with Gasteiger partial charge in [-0.3, -0.25) is 0 Å². The Balaban J connectivity index is 2.41. The average Bonchev–Trinajstić information content (AvgIpc) is 2.51. The van der Waals surface area contributed by atoms with Crippen LogP contribution in [0.3, 0.4) is 0 Å². The van der Waals surface area contributed by atoms with Gasteiger partial charge in [0.15, 0.2) is 0 Å². The quantitative estimate of drug-likeness (QED) is 0.694. The molecule has 1 heterocycles. The third-order valence-corrected chi connectivity index (χ3v) is 1.95. The van der Waals surface area contributed by atoms with Crippen molar-refractivity contribution in [2.75, 3.05) is 20.6 Å². The number of nitriles is 1. The zero-order valence-corrected chi connectivity index (χ0v) is 8.20. The van der Waals surface area contributed by atoms with Gasteiger partial charge in [-0.1, -0.05) is 0 Å². The molecule has 0 saturated carbocycles. The summed E-state index contributed by atoms with van der Waals surface area (Å²) < 4.78 is 1.99. The number of aryl methyl sites for hydroxylation is 1. The average molecular weight is 177 g/mol. The predicted octanol–water partition coefficient (Wildman–Crippen LogP) is 1.31. The first-order valence-electron chi connectivity index (χ1n) is 4.44. The van der Waals surface area contributed by atoms with E-state index in [1.54, 1.807) is 0 Å². The van der Waals surface area contributed by atoms with Crippen molar-refractivity contribution < 1.29 is 0 Å². The molecule has 3 nitrogen and oxygen atoms in total. The Hall–Kier alpha value is -1.27. The van der Waals surface area contributed by atoms with Crippen molar-refractivity contribution in [3.63, 3.8) is 0 Å². The third-order valence-electron chi connectivity index (χ3n) is 1.95. The Morgan fingerprint density at radius 1 is 1.54 bits per heavy atom. The van der Waals surface area contributed by atoms with E-state index in [1.807, 2.05) is 22.9 Å². The molecule has 1 rings (SSSR count). The fourth-order valence-electron chi connectivity index (χ4n) is 1.27. The first kappa shape index (κ1) is 9.82. The minimum absolute atomic E-state index is 0.749. The first-order chi connectivity index (χ1) is 6.24. The van der Waals surface area contributed by atoms with Gasteiger partial charge >= 0.3 is 0 Å². The maximum Gasteiger partial charge on any atom is 0.120 e. The molecular formula is C10H15N3. The molecule has 0 spiro atoms. The SMILES string of the molecule is CN(C)CCCn1cccc1C#N. The van der Waals surface area contributed by atoms with Crippen LogP contribution in [0.4, 0.5) is 0 Å². The summed E-state index contributed by atoms with van der Waals surface area (Å²) in [7, 11) is 4.11. The maximum atomic E-state index is 8.73. The molecule has 0 N–H and O–H groups in total. The minimum Gasteiger partial charge on any atom is -0.339 e. The summed E-state index contributed by atoms with van der Waals surface area (Å²) in [5, 5.41) is 8.73. The molecule has 0 aliphatic rings. The number of hydrogen-bond acceptors (Lipinski definition) is 2. The van der Waals surface area contributed by atoms with E-state index in [0.717, 1.165) is 25.2 Å². The molecule has 0 radical (unpaired) electrons. The van der Waals surface area contributed by atoms with Crippen LogP contribution in [0.2, 0.25) is 0 Å². The molecule has 3 heteroatoms. The Morgan fingerprint density at radius 2 is 2.31 bits per heavy atom. The minimum atomic E-state index is 0.749. The lowest BCUT2D eigenvalue weighted by atomic mass is 10.4.